The van der Waals surface area contributed by atoms with Crippen LogP contribution in [0.3, 0.4) is 0 Å². The first-order chi connectivity index (χ1) is 14.9. The third-order valence-electron chi connectivity index (χ3n) is 5.42. The lowest BCUT2D eigenvalue weighted by atomic mass is 9.96. The summed E-state index contributed by atoms with van der Waals surface area (Å²) in [6.07, 6.45) is 2.28. The summed E-state index contributed by atoms with van der Waals surface area (Å²) < 4.78 is 6.78. The number of aliphatic hydroxyl groups is 1. The number of aliphatic hydroxyl groups excluding tert-OH is 1. The molecule has 1 aliphatic heterocycles. The van der Waals surface area contributed by atoms with Crippen molar-refractivity contribution in [3.8, 4) is 5.75 Å². The van der Waals surface area contributed by atoms with E-state index >= 15 is 0 Å². The number of ether oxygens (including phenoxy) is 1. The second kappa shape index (κ2) is 8.23. The van der Waals surface area contributed by atoms with Crippen molar-refractivity contribution in [2.75, 3.05) is 20.3 Å². The Labute approximate surface area is 179 Å². The number of hydrogen-bond donors (Lipinski definition) is 2. The fraction of sp³-hybridized carbons (Fsp3) is 0.261. The van der Waals surface area contributed by atoms with Gasteiger partial charge >= 0.3 is 0 Å². The molecule has 3 heterocycles. The monoisotopic (exact) mass is 421 g/mol. The highest BCUT2D eigenvalue weighted by Crippen LogP contribution is 2.40. The zero-order valence-corrected chi connectivity index (χ0v) is 17.3. The van der Waals surface area contributed by atoms with Crippen molar-refractivity contribution in [2.45, 2.75) is 19.4 Å². The van der Waals surface area contributed by atoms with Crippen LogP contribution in [0.15, 0.2) is 54.2 Å². The third-order valence-corrected chi connectivity index (χ3v) is 5.42. The lowest BCUT2D eigenvalue weighted by Gasteiger charge is -2.25. The van der Waals surface area contributed by atoms with Crippen LogP contribution in [-0.4, -0.2) is 56.4 Å². The van der Waals surface area contributed by atoms with E-state index in [-0.39, 0.29) is 23.6 Å². The van der Waals surface area contributed by atoms with Crippen molar-refractivity contribution < 1.29 is 24.5 Å². The molecular formula is C23H23N3O5. The first-order valence-corrected chi connectivity index (χ1v) is 9.94. The van der Waals surface area contributed by atoms with Crippen molar-refractivity contribution in [2.24, 2.45) is 0 Å². The molecule has 1 aliphatic rings. The van der Waals surface area contributed by atoms with Crippen LogP contribution < -0.4 is 0 Å². The van der Waals surface area contributed by atoms with Gasteiger partial charge in [-0.05, 0) is 43.2 Å². The van der Waals surface area contributed by atoms with Crippen LogP contribution in [0.4, 0.5) is 0 Å². The molecule has 1 aromatic carbocycles. The first-order valence-electron chi connectivity index (χ1n) is 9.94. The number of likely N-dealkylation sites (tertiary alicyclic amines) is 1. The summed E-state index contributed by atoms with van der Waals surface area (Å²) in [7, 11) is 1.57. The fourth-order valence-electron chi connectivity index (χ4n) is 4.02. The molecule has 0 spiro atoms. The predicted molar refractivity (Wildman–Crippen MR) is 114 cm³/mol. The molecule has 1 saturated heterocycles. The van der Waals surface area contributed by atoms with Gasteiger partial charge in [-0.25, -0.2) is 4.98 Å². The number of nitrogens with zero attached hydrogens (tertiary/aromatic N) is 3. The number of imidazole rings is 1. The number of rotatable bonds is 6. The number of carbonyl (C=O) groups excluding carboxylic acids is 2. The summed E-state index contributed by atoms with van der Waals surface area (Å²) in [5.41, 5.74) is 2.15. The number of phenols is 1. The number of hydrogen-bond acceptors (Lipinski definition) is 6. The van der Waals surface area contributed by atoms with Crippen LogP contribution in [0.25, 0.3) is 11.4 Å². The standard InChI is InChI=1S/C23H23N3O5/c1-14-19(25-11-4-3-6-17(25)24-14)21(28)18-20(15-7-9-16(27)10-8-15)26(12-5-13-31-2)23(30)22(18)29/h3-4,6-11,20,27-28H,5,12-13H2,1-2H3. The minimum Gasteiger partial charge on any atom is -0.508 e. The maximum Gasteiger partial charge on any atom is 0.295 e. The van der Waals surface area contributed by atoms with Gasteiger partial charge in [0, 0.05) is 26.5 Å². The van der Waals surface area contributed by atoms with Crippen LogP contribution in [0.1, 0.15) is 29.4 Å². The summed E-state index contributed by atoms with van der Waals surface area (Å²) in [5.74, 6) is -1.64. The van der Waals surface area contributed by atoms with Crippen molar-refractivity contribution >= 4 is 23.1 Å². The van der Waals surface area contributed by atoms with E-state index in [4.69, 9.17) is 4.74 Å². The zero-order valence-electron chi connectivity index (χ0n) is 17.3. The van der Waals surface area contributed by atoms with Gasteiger partial charge in [0.25, 0.3) is 11.7 Å². The van der Waals surface area contributed by atoms with Gasteiger partial charge in [0.15, 0.2) is 5.76 Å². The number of phenolic OH excluding ortho intramolecular Hbond substituents is 1. The molecule has 0 radical (unpaired) electrons. The highest BCUT2D eigenvalue weighted by atomic mass is 16.5. The van der Waals surface area contributed by atoms with Crippen molar-refractivity contribution in [3.05, 3.63) is 71.2 Å². The average Bonchev–Trinajstić information content (AvgIpc) is 3.22. The van der Waals surface area contributed by atoms with Crippen LogP contribution in [0, 0.1) is 6.92 Å². The Morgan fingerprint density at radius 3 is 2.61 bits per heavy atom. The van der Waals surface area contributed by atoms with Gasteiger partial charge in [-0.1, -0.05) is 18.2 Å². The summed E-state index contributed by atoms with van der Waals surface area (Å²) in [6.45, 7) is 2.46. The van der Waals surface area contributed by atoms with Gasteiger partial charge in [0.2, 0.25) is 0 Å². The van der Waals surface area contributed by atoms with Crippen LogP contribution in [-0.2, 0) is 14.3 Å². The van der Waals surface area contributed by atoms with Crippen molar-refractivity contribution in [1.29, 1.82) is 0 Å². The normalized spacial score (nSPS) is 18.3. The molecule has 2 aromatic heterocycles. The van der Waals surface area contributed by atoms with Gasteiger partial charge in [-0.15, -0.1) is 0 Å². The Kier molecular flexibility index (Phi) is 5.48. The maximum atomic E-state index is 13.1. The SMILES string of the molecule is COCCCN1C(=O)C(=O)C(=C(O)c2c(C)nc3ccccn23)C1c1ccc(O)cc1. The smallest absolute Gasteiger partial charge is 0.295 e. The number of carbonyl (C=O) groups is 2. The molecule has 160 valence electrons. The third kappa shape index (κ3) is 3.55. The number of aryl methyl sites for hydroxylation is 1. The number of methoxy groups -OCH3 is 1. The van der Waals surface area contributed by atoms with E-state index in [2.05, 4.69) is 4.98 Å². The van der Waals surface area contributed by atoms with Crippen LogP contribution >= 0.6 is 0 Å². The van der Waals surface area contributed by atoms with E-state index < -0.39 is 17.7 Å². The van der Waals surface area contributed by atoms with Gasteiger partial charge in [0.05, 0.1) is 17.3 Å². The van der Waals surface area contributed by atoms with Crippen LogP contribution in [0.5, 0.6) is 5.75 Å². The predicted octanol–water partition coefficient (Wildman–Crippen LogP) is 2.81. The Balaban J connectivity index is 1.90. The number of benzene rings is 1. The molecule has 0 bridgehead atoms. The van der Waals surface area contributed by atoms with Crippen molar-refractivity contribution in [3.63, 3.8) is 0 Å². The highest BCUT2D eigenvalue weighted by Gasteiger charge is 2.46. The van der Waals surface area contributed by atoms with Gasteiger partial charge in [0.1, 0.15) is 17.1 Å². The molecule has 3 aromatic rings. The molecule has 1 fully saturated rings. The van der Waals surface area contributed by atoms with E-state index in [0.717, 1.165) is 0 Å². The lowest BCUT2D eigenvalue weighted by molar-refractivity contribution is -0.140. The fourth-order valence-corrected chi connectivity index (χ4v) is 4.02. The minimum atomic E-state index is -0.786. The molecule has 8 nitrogen and oxygen atoms in total. The van der Waals surface area contributed by atoms with Gasteiger partial charge < -0.3 is 19.8 Å². The summed E-state index contributed by atoms with van der Waals surface area (Å²) in [6, 6.07) is 10.9. The maximum absolute atomic E-state index is 13.1. The quantitative estimate of drug-likeness (QED) is 0.275. The topological polar surface area (TPSA) is 104 Å². The number of amides is 1. The number of aromatic hydroxyl groups is 1. The van der Waals surface area contributed by atoms with E-state index in [1.54, 1.807) is 48.9 Å². The Morgan fingerprint density at radius 2 is 1.90 bits per heavy atom. The van der Waals surface area contributed by atoms with Crippen LogP contribution in [0.2, 0.25) is 0 Å². The summed E-state index contributed by atoms with van der Waals surface area (Å²) >= 11 is 0. The number of fused-ring (bicyclic) bond motifs is 1. The lowest BCUT2D eigenvalue weighted by Crippen LogP contribution is -2.31. The van der Waals surface area contributed by atoms with Crippen molar-refractivity contribution in [1.82, 2.24) is 14.3 Å². The molecule has 31 heavy (non-hydrogen) atoms. The molecule has 1 unspecified atom stereocenters. The molecule has 2 N–H and O–H groups in total. The molecular weight excluding hydrogens is 398 g/mol. The number of aromatic nitrogens is 2. The summed E-state index contributed by atoms with van der Waals surface area (Å²) in [5, 5.41) is 21.0. The molecule has 1 atom stereocenters. The number of ketones is 1. The molecule has 8 heteroatoms. The number of pyridine rings is 1. The second-order valence-electron chi connectivity index (χ2n) is 7.41. The molecule has 1 amide bonds. The number of Topliss-reactive ketones (excluding diaryl/α,β-unsaturated/α-hetero) is 1. The van der Waals surface area contributed by atoms with Gasteiger partial charge in [-0.3, -0.25) is 14.0 Å². The average molecular weight is 421 g/mol. The summed E-state index contributed by atoms with van der Waals surface area (Å²) in [4.78, 5) is 31.9. The first kappa shape index (κ1) is 20.6. The molecule has 0 saturated carbocycles. The Bertz CT molecular complexity index is 1180. The second-order valence-corrected chi connectivity index (χ2v) is 7.41. The minimum absolute atomic E-state index is 0.00172. The molecule has 0 aliphatic carbocycles. The van der Waals surface area contributed by atoms with E-state index in [1.807, 2.05) is 6.07 Å². The zero-order chi connectivity index (χ0) is 22.1. The van der Waals surface area contributed by atoms with E-state index in [9.17, 15) is 19.8 Å². The van der Waals surface area contributed by atoms with E-state index in [1.165, 1.54) is 17.0 Å². The molecule has 4 rings (SSSR count). The Morgan fingerprint density at radius 1 is 1.16 bits per heavy atom. The Hall–Kier alpha value is -3.65. The largest absolute Gasteiger partial charge is 0.508 e. The van der Waals surface area contributed by atoms with E-state index in [0.29, 0.717) is 35.6 Å². The highest BCUT2D eigenvalue weighted by molar-refractivity contribution is 6.46. The van der Waals surface area contributed by atoms with Gasteiger partial charge in [-0.2, -0.15) is 0 Å².